The van der Waals surface area contributed by atoms with Gasteiger partial charge in [-0.2, -0.15) is 0 Å². The molecule has 184 valence electrons. The lowest BCUT2D eigenvalue weighted by Gasteiger charge is -2.15. The molecule has 4 atom stereocenters. The smallest absolute Gasteiger partial charge is 0.407 e. The minimum atomic E-state index is -0.542. The highest BCUT2D eigenvalue weighted by atomic mass is 16.6. The molecule has 0 unspecified atom stereocenters. The fourth-order valence-electron chi connectivity index (χ4n) is 3.46. The molecule has 6 N–H and O–H groups in total. The summed E-state index contributed by atoms with van der Waals surface area (Å²) >= 11 is 0. The number of nitrogens with one attached hydrogen (secondary N) is 4. The number of ether oxygens (including phenoxy) is 2. The number of aliphatic hydroxyl groups excluding tert-OH is 2. The molecule has 2 aliphatic rings. The number of rotatable bonds is 6. The maximum atomic E-state index is 11.4. The first-order valence-electron chi connectivity index (χ1n) is 11.2. The Morgan fingerprint density at radius 2 is 1.09 bits per heavy atom. The van der Waals surface area contributed by atoms with E-state index in [1.54, 1.807) is 0 Å². The van der Waals surface area contributed by atoms with Gasteiger partial charge in [0.1, 0.15) is 13.2 Å². The lowest BCUT2D eigenvalue weighted by atomic mass is 10.2. The van der Waals surface area contributed by atoms with Crippen molar-refractivity contribution in [1.82, 2.24) is 21.3 Å². The molecular weight excluding hydrogens is 440 g/mol. The Labute approximate surface area is 198 Å². The monoisotopic (exact) mass is 472 g/mol. The van der Waals surface area contributed by atoms with Gasteiger partial charge in [-0.1, -0.05) is 60.7 Å². The Balaban J connectivity index is 0.000000191. The van der Waals surface area contributed by atoms with Crippen molar-refractivity contribution in [3.63, 3.8) is 0 Å². The first-order chi connectivity index (χ1) is 16.5. The van der Waals surface area contributed by atoms with Crippen LogP contribution in [0.25, 0.3) is 0 Å². The zero-order valence-corrected chi connectivity index (χ0v) is 18.9. The summed E-state index contributed by atoms with van der Waals surface area (Å²) in [5, 5.41) is 30.2. The number of carbonyl (C=O) groups is 2. The summed E-state index contributed by atoms with van der Waals surface area (Å²) in [6, 6.07) is 18.4. The van der Waals surface area contributed by atoms with Crippen LogP contribution in [0.1, 0.15) is 11.1 Å². The second-order valence-electron chi connectivity index (χ2n) is 8.08. The molecule has 0 spiro atoms. The number of β-amino-alcohol motifs (C(OH)–C–C–N with tert-alkyl or cyclic N) is 2. The molecule has 2 aliphatic heterocycles. The first-order valence-corrected chi connectivity index (χ1v) is 11.2. The Morgan fingerprint density at radius 1 is 0.706 bits per heavy atom. The van der Waals surface area contributed by atoms with Crippen LogP contribution in [0.2, 0.25) is 0 Å². The third kappa shape index (κ3) is 8.64. The molecule has 0 bridgehead atoms. The number of aliphatic hydroxyl groups is 2. The Morgan fingerprint density at radius 3 is 1.41 bits per heavy atom. The van der Waals surface area contributed by atoms with E-state index in [1.807, 2.05) is 60.7 Å². The summed E-state index contributed by atoms with van der Waals surface area (Å²) in [5.74, 6) is 0. The van der Waals surface area contributed by atoms with E-state index in [1.165, 1.54) is 0 Å². The van der Waals surface area contributed by atoms with Gasteiger partial charge in [-0.15, -0.1) is 0 Å². The molecule has 10 heteroatoms. The standard InChI is InChI=1S/2C12H16N2O3/c2*15-11-7-13-6-10(11)14-12(16)17-8-9-4-2-1-3-5-9/h2*1-5,10-11,13,15H,6-8H2,(H,14,16)/t2*10-,11+/m10/s1. The van der Waals surface area contributed by atoms with E-state index in [2.05, 4.69) is 21.3 Å². The first kappa shape index (κ1) is 25.4. The van der Waals surface area contributed by atoms with Crippen molar-refractivity contribution in [2.45, 2.75) is 37.5 Å². The molecule has 2 saturated heterocycles. The van der Waals surface area contributed by atoms with Gasteiger partial charge in [0.15, 0.2) is 0 Å². The third-order valence-corrected chi connectivity index (χ3v) is 5.40. The molecule has 0 aliphatic carbocycles. The van der Waals surface area contributed by atoms with Gasteiger partial charge in [0.2, 0.25) is 0 Å². The molecule has 0 aromatic heterocycles. The summed E-state index contributed by atoms with van der Waals surface area (Å²) in [6.07, 6.45) is -2.08. The largest absolute Gasteiger partial charge is 0.445 e. The maximum absolute atomic E-state index is 11.4. The molecular formula is C24H32N4O6. The fourth-order valence-corrected chi connectivity index (χ4v) is 3.46. The predicted octanol–water partition coefficient (Wildman–Crippen LogP) is 0.491. The predicted molar refractivity (Wildman–Crippen MR) is 125 cm³/mol. The number of alkyl carbamates (subject to hydrolysis) is 2. The molecule has 0 saturated carbocycles. The van der Waals surface area contributed by atoms with Crippen molar-refractivity contribution in [1.29, 1.82) is 0 Å². The minimum Gasteiger partial charge on any atom is -0.445 e. The average Bonchev–Trinajstić information content (AvgIpc) is 3.45. The number of amides is 2. The molecule has 34 heavy (non-hydrogen) atoms. The number of carbonyl (C=O) groups excluding carboxylic acids is 2. The van der Waals surface area contributed by atoms with Crippen LogP contribution in [-0.2, 0) is 22.7 Å². The van der Waals surface area contributed by atoms with E-state index < -0.39 is 24.4 Å². The second-order valence-corrected chi connectivity index (χ2v) is 8.08. The average molecular weight is 473 g/mol. The number of hydrogen-bond acceptors (Lipinski definition) is 8. The van der Waals surface area contributed by atoms with Gasteiger partial charge in [-0.05, 0) is 11.1 Å². The highest BCUT2D eigenvalue weighted by Gasteiger charge is 2.27. The zero-order valence-electron chi connectivity index (χ0n) is 18.9. The highest BCUT2D eigenvalue weighted by molar-refractivity contribution is 5.68. The number of hydrogen-bond donors (Lipinski definition) is 6. The van der Waals surface area contributed by atoms with E-state index in [4.69, 9.17) is 9.47 Å². The van der Waals surface area contributed by atoms with Crippen LogP contribution in [0.5, 0.6) is 0 Å². The van der Waals surface area contributed by atoms with Crippen LogP contribution < -0.4 is 21.3 Å². The van der Waals surface area contributed by atoms with Gasteiger partial charge < -0.3 is 41.0 Å². The van der Waals surface area contributed by atoms with Gasteiger partial charge in [-0.25, -0.2) is 9.59 Å². The SMILES string of the molecule is O=C(N[C@@H]1CNC[C@@H]1O)OCc1ccccc1.O=C(N[C@H]1CNC[C@H]1O)OCc1ccccc1. The molecule has 2 fully saturated rings. The summed E-state index contributed by atoms with van der Waals surface area (Å²) < 4.78 is 10.1. The second kappa shape index (κ2) is 13.5. The van der Waals surface area contributed by atoms with E-state index in [0.717, 1.165) is 11.1 Å². The van der Waals surface area contributed by atoms with Gasteiger partial charge in [0, 0.05) is 26.2 Å². The molecule has 0 radical (unpaired) electrons. The topological polar surface area (TPSA) is 141 Å². The highest BCUT2D eigenvalue weighted by Crippen LogP contribution is 2.04. The van der Waals surface area contributed by atoms with Crippen molar-refractivity contribution in [3.05, 3.63) is 71.8 Å². The molecule has 2 heterocycles. The normalized spacial score (nSPS) is 23.4. The van der Waals surface area contributed by atoms with Crippen LogP contribution in [0.15, 0.2) is 60.7 Å². The van der Waals surface area contributed by atoms with Crippen LogP contribution in [-0.4, -0.2) is 72.9 Å². The van der Waals surface area contributed by atoms with Crippen LogP contribution >= 0.6 is 0 Å². The number of benzene rings is 2. The molecule has 2 amide bonds. The molecule has 2 aromatic rings. The quantitative estimate of drug-likeness (QED) is 0.357. The lowest BCUT2D eigenvalue weighted by Crippen LogP contribution is -2.42. The van der Waals surface area contributed by atoms with E-state index in [0.29, 0.717) is 26.2 Å². The van der Waals surface area contributed by atoms with Crippen LogP contribution in [0.4, 0.5) is 9.59 Å². The minimum absolute atomic E-state index is 0.239. The Hall–Kier alpha value is -3.18. The summed E-state index contributed by atoms with van der Waals surface area (Å²) in [6.45, 7) is 2.63. The molecule has 4 rings (SSSR count). The van der Waals surface area contributed by atoms with E-state index >= 15 is 0 Å². The van der Waals surface area contributed by atoms with Crippen molar-refractivity contribution < 1.29 is 29.3 Å². The van der Waals surface area contributed by atoms with Gasteiger partial charge in [0.05, 0.1) is 24.3 Å². The fraction of sp³-hybridized carbons (Fsp3) is 0.417. The van der Waals surface area contributed by atoms with Crippen molar-refractivity contribution in [3.8, 4) is 0 Å². The lowest BCUT2D eigenvalue weighted by molar-refractivity contribution is 0.118. The zero-order chi connectivity index (χ0) is 24.2. The van der Waals surface area contributed by atoms with Crippen LogP contribution in [0.3, 0.4) is 0 Å². The summed E-state index contributed by atoms with van der Waals surface area (Å²) in [4.78, 5) is 22.9. The Kier molecular flexibility index (Phi) is 10.1. The third-order valence-electron chi connectivity index (χ3n) is 5.40. The van der Waals surface area contributed by atoms with E-state index in [9.17, 15) is 19.8 Å². The van der Waals surface area contributed by atoms with Gasteiger partial charge >= 0.3 is 12.2 Å². The van der Waals surface area contributed by atoms with Gasteiger partial charge in [0.25, 0.3) is 0 Å². The maximum Gasteiger partial charge on any atom is 0.407 e. The molecule has 10 nitrogen and oxygen atoms in total. The van der Waals surface area contributed by atoms with E-state index in [-0.39, 0.29) is 25.3 Å². The van der Waals surface area contributed by atoms with Crippen LogP contribution in [0, 0.1) is 0 Å². The molecule has 2 aromatic carbocycles. The summed E-state index contributed by atoms with van der Waals surface area (Å²) in [7, 11) is 0. The van der Waals surface area contributed by atoms with Gasteiger partial charge in [-0.3, -0.25) is 0 Å². The Bertz CT molecular complexity index is 812. The van der Waals surface area contributed by atoms with Crippen molar-refractivity contribution in [2.24, 2.45) is 0 Å². The summed E-state index contributed by atoms with van der Waals surface area (Å²) in [5.41, 5.74) is 1.88. The van der Waals surface area contributed by atoms with Crippen molar-refractivity contribution in [2.75, 3.05) is 26.2 Å². The van der Waals surface area contributed by atoms with Crippen molar-refractivity contribution >= 4 is 12.2 Å².